The monoisotopic (exact) mass is 211 g/mol. The van der Waals surface area contributed by atoms with E-state index in [-0.39, 0.29) is 0 Å². The van der Waals surface area contributed by atoms with Gasteiger partial charge in [-0.25, -0.2) is 0 Å². The molecule has 3 nitrogen and oxygen atoms in total. The molecule has 0 aliphatic heterocycles. The molecule has 0 aromatic carbocycles. The lowest BCUT2D eigenvalue weighted by Crippen LogP contribution is -2.13. The highest BCUT2D eigenvalue weighted by atomic mass is 32.1. The molecule has 0 radical (unpaired) electrons. The number of hydrogen-bond acceptors (Lipinski definition) is 4. The van der Waals surface area contributed by atoms with Crippen LogP contribution >= 0.6 is 11.3 Å². The van der Waals surface area contributed by atoms with Gasteiger partial charge in [-0.2, -0.15) is 0 Å². The summed E-state index contributed by atoms with van der Waals surface area (Å²) in [5.74, 6) is 0.849. The van der Waals surface area contributed by atoms with Gasteiger partial charge in [0.15, 0.2) is 0 Å². The van der Waals surface area contributed by atoms with Crippen molar-refractivity contribution in [2.24, 2.45) is 5.92 Å². The molecule has 1 aromatic heterocycles. The molecule has 2 rings (SSSR count). The summed E-state index contributed by atoms with van der Waals surface area (Å²) in [6, 6.07) is 0. The van der Waals surface area contributed by atoms with E-state index in [4.69, 9.17) is 0 Å². The molecule has 1 aliphatic carbocycles. The SMILES string of the molecule is c1nnc(NCC2CCCCCC2)s1. The van der Waals surface area contributed by atoms with Crippen molar-refractivity contribution in [2.45, 2.75) is 38.5 Å². The zero-order valence-corrected chi connectivity index (χ0v) is 9.22. The Morgan fingerprint density at radius 3 is 2.71 bits per heavy atom. The fourth-order valence-electron chi connectivity index (χ4n) is 2.05. The second-order valence-electron chi connectivity index (χ2n) is 3.98. The van der Waals surface area contributed by atoms with Crippen molar-refractivity contribution in [1.82, 2.24) is 10.2 Å². The molecule has 0 saturated heterocycles. The molecule has 1 aliphatic rings. The first-order chi connectivity index (χ1) is 6.95. The molecule has 1 aromatic rings. The highest BCUT2D eigenvalue weighted by molar-refractivity contribution is 7.13. The van der Waals surface area contributed by atoms with E-state index >= 15 is 0 Å². The van der Waals surface area contributed by atoms with E-state index in [1.54, 1.807) is 16.8 Å². The molecule has 78 valence electrons. The summed E-state index contributed by atoms with van der Waals surface area (Å²) in [6.45, 7) is 1.08. The van der Waals surface area contributed by atoms with Crippen LogP contribution in [0.2, 0.25) is 0 Å². The Kier molecular flexibility index (Phi) is 3.74. The lowest BCUT2D eigenvalue weighted by atomic mass is 10.0. The first kappa shape index (κ1) is 9.90. The Balaban J connectivity index is 1.73. The van der Waals surface area contributed by atoms with Gasteiger partial charge in [0.1, 0.15) is 5.51 Å². The molecule has 0 amide bonds. The average Bonchev–Trinajstić information content (AvgIpc) is 2.58. The smallest absolute Gasteiger partial charge is 0.205 e. The van der Waals surface area contributed by atoms with Crippen molar-refractivity contribution in [3.8, 4) is 0 Å². The van der Waals surface area contributed by atoms with Crippen molar-refractivity contribution in [1.29, 1.82) is 0 Å². The van der Waals surface area contributed by atoms with Gasteiger partial charge in [-0.1, -0.05) is 37.0 Å². The Morgan fingerprint density at radius 2 is 2.07 bits per heavy atom. The predicted octanol–water partition coefficient (Wildman–Crippen LogP) is 2.92. The fraction of sp³-hybridized carbons (Fsp3) is 0.800. The van der Waals surface area contributed by atoms with Gasteiger partial charge < -0.3 is 5.32 Å². The van der Waals surface area contributed by atoms with E-state index in [2.05, 4.69) is 15.5 Å². The van der Waals surface area contributed by atoms with E-state index in [1.807, 2.05) is 0 Å². The molecule has 14 heavy (non-hydrogen) atoms. The number of anilines is 1. The summed E-state index contributed by atoms with van der Waals surface area (Å²) in [7, 11) is 0. The van der Waals surface area contributed by atoms with E-state index in [9.17, 15) is 0 Å². The van der Waals surface area contributed by atoms with E-state index < -0.39 is 0 Å². The lowest BCUT2D eigenvalue weighted by molar-refractivity contribution is 0.483. The fourth-order valence-corrected chi connectivity index (χ4v) is 2.50. The molecule has 0 bridgehead atoms. The number of hydrogen-bond donors (Lipinski definition) is 1. The quantitative estimate of drug-likeness (QED) is 0.781. The maximum Gasteiger partial charge on any atom is 0.205 e. The third-order valence-electron chi connectivity index (χ3n) is 2.88. The van der Waals surface area contributed by atoms with Crippen molar-refractivity contribution in [2.75, 3.05) is 11.9 Å². The van der Waals surface area contributed by atoms with Crippen molar-refractivity contribution < 1.29 is 0 Å². The highest BCUT2D eigenvalue weighted by Gasteiger charge is 2.12. The van der Waals surface area contributed by atoms with Crippen LogP contribution in [-0.2, 0) is 0 Å². The van der Waals surface area contributed by atoms with Crippen LogP contribution in [0.15, 0.2) is 5.51 Å². The second kappa shape index (κ2) is 5.29. The van der Waals surface area contributed by atoms with Crippen LogP contribution in [0.1, 0.15) is 38.5 Å². The van der Waals surface area contributed by atoms with E-state index in [0.717, 1.165) is 17.6 Å². The van der Waals surface area contributed by atoms with Gasteiger partial charge in [0.2, 0.25) is 5.13 Å². The number of nitrogens with one attached hydrogen (secondary N) is 1. The number of rotatable bonds is 3. The maximum absolute atomic E-state index is 3.98. The molecule has 0 atom stereocenters. The lowest BCUT2D eigenvalue weighted by Gasteiger charge is -2.13. The topological polar surface area (TPSA) is 37.8 Å². The summed E-state index contributed by atoms with van der Waals surface area (Å²) in [4.78, 5) is 0. The minimum absolute atomic E-state index is 0.849. The molecule has 0 spiro atoms. The van der Waals surface area contributed by atoms with Crippen LogP contribution in [0.3, 0.4) is 0 Å². The van der Waals surface area contributed by atoms with Gasteiger partial charge >= 0.3 is 0 Å². The van der Waals surface area contributed by atoms with Gasteiger partial charge in [0.25, 0.3) is 0 Å². The Morgan fingerprint density at radius 1 is 1.29 bits per heavy atom. The molecular weight excluding hydrogens is 194 g/mol. The minimum Gasteiger partial charge on any atom is -0.360 e. The molecule has 0 unspecified atom stereocenters. The summed E-state index contributed by atoms with van der Waals surface area (Å²) in [5, 5.41) is 12.1. The maximum atomic E-state index is 3.98. The average molecular weight is 211 g/mol. The molecule has 1 heterocycles. The normalized spacial score (nSPS) is 19.1. The van der Waals surface area contributed by atoms with E-state index in [0.29, 0.717) is 0 Å². The molecule has 1 saturated carbocycles. The Hall–Kier alpha value is -0.640. The van der Waals surface area contributed by atoms with Crippen molar-refractivity contribution in [3.05, 3.63) is 5.51 Å². The Labute approximate surface area is 88.9 Å². The second-order valence-corrected chi connectivity index (χ2v) is 4.82. The zero-order chi connectivity index (χ0) is 9.64. The summed E-state index contributed by atoms with van der Waals surface area (Å²) in [5.41, 5.74) is 1.77. The van der Waals surface area contributed by atoms with Gasteiger partial charge in [0.05, 0.1) is 0 Å². The Bertz CT molecular complexity index is 240. The van der Waals surface area contributed by atoms with Crippen LogP contribution in [0.5, 0.6) is 0 Å². The summed E-state index contributed by atoms with van der Waals surface area (Å²) in [6.07, 6.45) is 8.42. The standard InChI is InChI=1S/C10H17N3S/c1-2-4-6-9(5-3-1)7-11-10-13-12-8-14-10/h8-9H,1-7H2,(H,11,13). The molecule has 1 N–H and O–H groups in total. The van der Waals surface area contributed by atoms with Crippen LogP contribution in [0, 0.1) is 5.92 Å². The van der Waals surface area contributed by atoms with E-state index in [1.165, 1.54) is 38.5 Å². The van der Waals surface area contributed by atoms with Crippen LogP contribution < -0.4 is 5.32 Å². The number of nitrogens with zero attached hydrogens (tertiary/aromatic N) is 2. The van der Waals surface area contributed by atoms with Crippen LogP contribution in [0.25, 0.3) is 0 Å². The predicted molar refractivity (Wildman–Crippen MR) is 59.6 cm³/mol. The largest absolute Gasteiger partial charge is 0.360 e. The molecule has 1 fully saturated rings. The van der Waals surface area contributed by atoms with Crippen molar-refractivity contribution in [3.63, 3.8) is 0 Å². The molecular formula is C10H17N3S. The summed E-state index contributed by atoms with van der Waals surface area (Å²) < 4.78 is 0. The van der Waals surface area contributed by atoms with Gasteiger partial charge in [-0.05, 0) is 18.8 Å². The van der Waals surface area contributed by atoms with Crippen molar-refractivity contribution >= 4 is 16.5 Å². The highest BCUT2D eigenvalue weighted by Crippen LogP contribution is 2.23. The first-order valence-corrected chi connectivity index (χ1v) is 6.33. The third-order valence-corrected chi connectivity index (χ3v) is 3.53. The van der Waals surface area contributed by atoms with Gasteiger partial charge in [-0.3, -0.25) is 0 Å². The third kappa shape index (κ3) is 2.94. The van der Waals surface area contributed by atoms with Gasteiger partial charge in [-0.15, -0.1) is 10.2 Å². The molecule has 4 heteroatoms. The zero-order valence-electron chi connectivity index (χ0n) is 8.41. The minimum atomic E-state index is 0.849. The first-order valence-electron chi connectivity index (χ1n) is 5.45. The number of aromatic nitrogens is 2. The van der Waals surface area contributed by atoms with Crippen LogP contribution in [0.4, 0.5) is 5.13 Å². The van der Waals surface area contributed by atoms with Crippen LogP contribution in [-0.4, -0.2) is 16.7 Å². The van der Waals surface area contributed by atoms with Gasteiger partial charge in [0, 0.05) is 6.54 Å². The summed E-state index contributed by atoms with van der Waals surface area (Å²) >= 11 is 1.58.